The molecule has 115 heavy (non-hydrogen) atoms. The Kier molecular flexibility index (Phi) is 35.3. The molecule has 0 aliphatic carbocycles. The predicted molar refractivity (Wildman–Crippen MR) is 444 cm³/mol. The maximum atomic E-state index is 13.7. The van der Waals surface area contributed by atoms with Crippen LogP contribution in [-0.4, -0.2) is 58.5 Å². The fourth-order valence-electron chi connectivity index (χ4n) is 9.00. The van der Waals surface area contributed by atoms with Crippen molar-refractivity contribution in [3.63, 3.8) is 0 Å². The summed E-state index contributed by atoms with van der Waals surface area (Å²) in [5.74, 6) is 22.5. The van der Waals surface area contributed by atoms with E-state index in [1.807, 2.05) is 76.2 Å². The van der Waals surface area contributed by atoms with E-state index >= 15 is 0 Å². The molecule has 0 atom stereocenters. The standard InChI is InChI=1S/C19H14F3NO2.C19H14N2O2.C18H14BrNO2.C18H14ClNO2.C18H14FNO2.CH4/c1-12-3-7-15(17(11-12)19(20,21)22)8-4-14-5-9-16(10-6-14)23-18(25)13(2)24;1-13-3-7-16(17(11-13)12-20)8-4-15-5-9-18(10-6-15)21-19(23)14(2)22;3*1-12-3-7-15(17(19)11-12)8-4-14-5-9-16(10-6-14)20-18(22)13(2)21;/h3,5-7,9-11H,1-2H3,(H,23,25);3,5-7,9-11H,1-2H3,(H,21,23);3*3,5-7,9-11H,1-2H3,(H,20,22);1H4. The monoisotopic (exact) mass is 1620 g/mol. The summed E-state index contributed by atoms with van der Waals surface area (Å²) in [6, 6.07) is 61.8. The van der Waals surface area contributed by atoms with E-state index in [9.17, 15) is 65.5 Å². The largest absolute Gasteiger partial charge is 0.417 e. The molecule has 10 rings (SSSR count). The topological polar surface area (TPSA) is 255 Å². The average molecular weight is 1630 g/mol. The highest BCUT2D eigenvalue weighted by molar-refractivity contribution is 9.10. The van der Waals surface area contributed by atoms with Gasteiger partial charge < -0.3 is 26.6 Å². The van der Waals surface area contributed by atoms with E-state index in [1.54, 1.807) is 140 Å². The molecule has 5 N–H and O–H groups in total. The van der Waals surface area contributed by atoms with Crippen molar-refractivity contribution in [3.05, 3.63) is 322 Å². The normalized spacial score (nSPS) is 9.66. The molecule has 5 amide bonds. The Hall–Kier alpha value is -14.3. The molecule has 22 heteroatoms. The van der Waals surface area contributed by atoms with Gasteiger partial charge >= 0.3 is 6.18 Å². The van der Waals surface area contributed by atoms with Crippen LogP contribution in [0, 0.1) is 111 Å². The van der Waals surface area contributed by atoms with Gasteiger partial charge in [0.25, 0.3) is 29.5 Å². The summed E-state index contributed by atoms with van der Waals surface area (Å²) >= 11 is 9.62. The van der Waals surface area contributed by atoms with Crippen LogP contribution in [0.3, 0.4) is 0 Å². The highest BCUT2D eigenvalue weighted by Gasteiger charge is 2.33. The Balaban J connectivity index is 0.000000256. The number of nitrogens with zero attached hydrogens (tertiary/aromatic N) is 1. The van der Waals surface area contributed by atoms with Crippen molar-refractivity contribution in [1.29, 1.82) is 5.26 Å². The number of rotatable bonds is 10. The van der Waals surface area contributed by atoms with Gasteiger partial charge in [0.15, 0.2) is 0 Å². The fraction of sp³-hybridized carbons (Fsp3) is 0.129. The van der Waals surface area contributed by atoms with Gasteiger partial charge in [-0.15, -0.1) is 0 Å². The quantitative estimate of drug-likeness (QED) is 0.0489. The third kappa shape index (κ3) is 31.5. The zero-order chi connectivity index (χ0) is 83.8. The number of carbonyl (C=O) groups excluding carboxylic acids is 10. The molecular formula is C93H74BrClF4N6O10. The minimum atomic E-state index is -4.48. The molecule has 0 heterocycles. The van der Waals surface area contributed by atoms with Crippen molar-refractivity contribution in [2.45, 2.75) is 82.8 Å². The number of carbonyl (C=O) groups is 10. The van der Waals surface area contributed by atoms with Crippen LogP contribution < -0.4 is 26.6 Å². The Morgan fingerprint density at radius 1 is 0.322 bits per heavy atom. The molecule has 10 aromatic rings. The second kappa shape index (κ2) is 44.5. The van der Waals surface area contributed by atoms with E-state index in [0.717, 1.165) is 62.0 Å². The summed E-state index contributed by atoms with van der Waals surface area (Å²) < 4.78 is 53.8. The van der Waals surface area contributed by atoms with Crippen LogP contribution in [0.1, 0.15) is 137 Å². The summed E-state index contributed by atoms with van der Waals surface area (Å²) in [6.07, 6.45) is -4.48. The molecule has 0 aliphatic heterocycles. The van der Waals surface area contributed by atoms with E-state index in [1.165, 1.54) is 57.5 Å². The molecule has 0 bridgehead atoms. The third-order valence-corrected chi connectivity index (χ3v) is 16.1. The number of nitriles is 1. The SMILES string of the molecule is C.CC(=O)C(=O)Nc1ccc(C#Cc2ccc(C)cc2Br)cc1.CC(=O)C(=O)Nc1ccc(C#Cc2ccc(C)cc2C#N)cc1.CC(=O)C(=O)Nc1ccc(C#Cc2ccc(C)cc2C(F)(F)F)cc1.CC(=O)C(=O)Nc1ccc(C#Cc2ccc(C)cc2Cl)cc1.CC(=O)C(=O)Nc1ccc(C#Cc2ccc(C)cc2F)cc1. The number of hydrogen-bond acceptors (Lipinski definition) is 11. The molecule has 0 fully saturated rings. The zero-order valence-electron chi connectivity index (χ0n) is 63.0. The van der Waals surface area contributed by atoms with Gasteiger partial charge in [0.1, 0.15) is 11.9 Å². The molecule has 578 valence electrons. The van der Waals surface area contributed by atoms with Crippen molar-refractivity contribution in [3.8, 4) is 65.3 Å². The van der Waals surface area contributed by atoms with E-state index in [-0.39, 0.29) is 18.8 Å². The van der Waals surface area contributed by atoms with E-state index in [0.29, 0.717) is 66.8 Å². The first-order valence-corrected chi connectivity index (χ1v) is 35.4. The molecule has 0 aromatic heterocycles. The second-order valence-electron chi connectivity index (χ2n) is 24.8. The Morgan fingerprint density at radius 3 is 0.878 bits per heavy atom. The van der Waals surface area contributed by atoms with Crippen LogP contribution in [0.15, 0.2) is 217 Å². The Bertz CT molecular complexity index is 5420. The summed E-state index contributed by atoms with van der Waals surface area (Å²) in [5.41, 5.74) is 13.1. The maximum absolute atomic E-state index is 13.7. The third-order valence-electron chi connectivity index (χ3n) is 15.2. The van der Waals surface area contributed by atoms with Crippen LogP contribution in [0.4, 0.5) is 46.0 Å². The number of aryl methyl sites for hydroxylation is 5. The first-order chi connectivity index (χ1) is 54.0. The van der Waals surface area contributed by atoms with Gasteiger partial charge in [0.05, 0.1) is 21.7 Å². The number of amides is 5. The van der Waals surface area contributed by atoms with Crippen molar-refractivity contribution in [1.82, 2.24) is 0 Å². The summed E-state index contributed by atoms with van der Waals surface area (Å²) in [7, 11) is 0. The fourth-order valence-corrected chi connectivity index (χ4v) is 9.88. The van der Waals surface area contributed by atoms with Gasteiger partial charge in [-0.25, -0.2) is 4.39 Å². The number of anilines is 5. The van der Waals surface area contributed by atoms with Crippen molar-refractivity contribution < 1.29 is 65.5 Å². The Labute approximate surface area is 678 Å². The van der Waals surface area contributed by atoms with Crippen LogP contribution in [-0.2, 0) is 54.1 Å². The first kappa shape index (κ1) is 91.3. The van der Waals surface area contributed by atoms with Gasteiger partial charge in [-0.2, -0.15) is 18.4 Å². The van der Waals surface area contributed by atoms with Crippen molar-refractivity contribution >= 4 is 114 Å². The van der Waals surface area contributed by atoms with Crippen LogP contribution in [0.2, 0.25) is 5.02 Å². The lowest BCUT2D eigenvalue weighted by Crippen LogP contribution is -2.19. The van der Waals surface area contributed by atoms with Gasteiger partial charge in [0, 0.05) is 118 Å². The summed E-state index contributed by atoms with van der Waals surface area (Å²) in [5, 5.41) is 22.1. The highest BCUT2D eigenvalue weighted by atomic mass is 79.9. The molecule has 0 spiro atoms. The first-order valence-electron chi connectivity index (χ1n) is 34.2. The van der Waals surface area contributed by atoms with Crippen molar-refractivity contribution in [2.24, 2.45) is 0 Å². The predicted octanol–water partition coefficient (Wildman–Crippen LogP) is 17.7. The van der Waals surface area contributed by atoms with E-state index in [2.05, 4.69) is 108 Å². The lowest BCUT2D eigenvalue weighted by molar-refractivity contribution is -0.137. The molecule has 0 saturated heterocycles. The van der Waals surface area contributed by atoms with Crippen LogP contribution in [0.25, 0.3) is 0 Å². The highest BCUT2D eigenvalue weighted by Crippen LogP contribution is 2.33. The Morgan fingerprint density at radius 2 is 0.574 bits per heavy atom. The maximum Gasteiger partial charge on any atom is 0.417 e. The number of halogens is 6. The molecule has 0 radical (unpaired) electrons. The number of hydrogen-bond donors (Lipinski definition) is 5. The summed E-state index contributed by atoms with van der Waals surface area (Å²) in [4.78, 5) is 111. The van der Waals surface area contributed by atoms with Gasteiger partial charge in [0.2, 0.25) is 28.9 Å². The molecule has 10 aromatic carbocycles. The van der Waals surface area contributed by atoms with Crippen LogP contribution in [0.5, 0.6) is 0 Å². The van der Waals surface area contributed by atoms with Gasteiger partial charge in [-0.1, -0.05) is 114 Å². The number of Topliss-reactive ketones (excluding diaryl/α,β-unsaturated/α-hetero) is 5. The zero-order valence-corrected chi connectivity index (χ0v) is 65.3. The van der Waals surface area contributed by atoms with E-state index in [4.69, 9.17) is 16.9 Å². The van der Waals surface area contributed by atoms with Gasteiger partial charge in [-0.3, -0.25) is 47.9 Å². The smallest absolute Gasteiger partial charge is 0.319 e. The molecule has 0 aliphatic rings. The number of alkyl halides is 3. The number of nitrogens with one attached hydrogen (secondary N) is 5. The molecular weight excluding hydrogens is 1550 g/mol. The molecule has 0 saturated carbocycles. The summed E-state index contributed by atoms with van der Waals surface area (Å²) in [6.45, 7) is 15.3. The second-order valence-corrected chi connectivity index (χ2v) is 26.1. The lowest BCUT2D eigenvalue weighted by atomic mass is 10.0. The number of ketones is 5. The minimum Gasteiger partial charge on any atom is -0.319 e. The van der Waals surface area contributed by atoms with Crippen molar-refractivity contribution in [2.75, 3.05) is 26.6 Å². The van der Waals surface area contributed by atoms with Crippen LogP contribution >= 0.6 is 27.5 Å². The number of benzene rings is 10. The average Bonchev–Trinajstić information content (AvgIpc) is 0.819. The van der Waals surface area contributed by atoms with Gasteiger partial charge in [-0.05, 0) is 255 Å². The molecule has 0 unspecified atom stereocenters. The minimum absolute atomic E-state index is 0. The van der Waals surface area contributed by atoms with E-state index < -0.39 is 70.2 Å². The molecule has 16 nitrogen and oxygen atoms in total. The lowest BCUT2D eigenvalue weighted by Gasteiger charge is -2.09.